The molecule has 6 heteroatoms. The summed E-state index contributed by atoms with van der Waals surface area (Å²) in [5.74, 6) is -1.73. The molecule has 1 fully saturated rings. The highest BCUT2D eigenvalue weighted by Gasteiger charge is 2.39. The number of carbonyl (C=O) groups excluding carboxylic acids is 2. The second kappa shape index (κ2) is 7.68. The van der Waals surface area contributed by atoms with Gasteiger partial charge in [-0.3, -0.25) is 14.4 Å². The second-order valence-corrected chi connectivity index (χ2v) is 7.29. The zero-order chi connectivity index (χ0) is 18.6. The first-order chi connectivity index (χ1) is 11.7. The predicted octanol–water partition coefficient (Wildman–Crippen LogP) is 2.04. The van der Waals surface area contributed by atoms with E-state index < -0.39 is 17.4 Å². The summed E-state index contributed by atoms with van der Waals surface area (Å²) in [5, 5.41) is 12.0. The van der Waals surface area contributed by atoms with E-state index in [-0.39, 0.29) is 30.6 Å². The molecule has 0 aromatic heterocycles. The number of carboxylic acid groups (broad SMARTS) is 1. The van der Waals surface area contributed by atoms with Gasteiger partial charge in [-0.25, -0.2) is 0 Å². The first-order valence-electron chi connectivity index (χ1n) is 8.57. The molecule has 0 radical (unpaired) electrons. The Morgan fingerprint density at radius 3 is 2.52 bits per heavy atom. The van der Waals surface area contributed by atoms with Crippen LogP contribution in [0.25, 0.3) is 0 Å². The maximum absolute atomic E-state index is 12.6. The Labute approximate surface area is 148 Å². The number of benzene rings is 1. The lowest BCUT2D eigenvalue weighted by Gasteiger charge is -2.34. The Morgan fingerprint density at radius 2 is 1.96 bits per heavy atom. The monoisotopic (exact) mass is 346 g/mol. The number of carbonyl (C=O) groups is 3. The molecule has 136 valence electrons. The molecule has 1 aliphatic heterocycles. The SMILES string of the molecule is CC(C)C(C)(CC(=O)O)NC(=O)C1CC(=O)N(Cc2ccccc2)C1. The highest BCUT2D eigenvalue weighted by atomic mass is 16.4. The fraction of sp³-hybridized carbons (Fsp3) is 0.526. The van der Waals surface area contributed by atoms with E-state index in [0.29, 0.717) is 13.1 Å². The van der Waals surface area contributed by atoms with Crippen LogP contribution in [0.5, 0.6) is 0 Å². The summed E-state index contributed by atoms with van der Waals surface area (Å²) in [7, 11) is 0. The summed E-state index contributed by atoms with van der Waals surface area (Å²) >= 11 is 0. The molecule has 1 aliphatic rings. The number of rotatable bonds is 7. The van der Waals surface area contributed by atoms with Crippen LogP contribution in [0.4, 0.5) is 0 Å². The molecule has 1 aromatic carbocycles. The van der Waals surface area contributed by atoms with E-state index in [0.717, 1.165) is 5.56 Å². The van der Waals surface area contributed by atoms with E-state index in [4.69, 9.17) is 5.11 Å². The number of likely N-dealkylation sites (tertiary alicyclic amines) is 1. The quantitative estimate of drug-likeness (QED) is 0.791. The summed E-state index contributed by atoms with van der Waals surface area (Å²) in [5.41, 5.74) is 0.188. The first kappa shape index (κ1) is 19.0. The van der Waals surface area contributed by atoms with Gasteiger partial charge < -0.3 is 15.3 Å². The largest absolute Gasteiger partial charge is 0.481 e. The van der Waals surface area contributed by atoms with Crippen LogP contribution in [0.3, 0.4) is 0 Å². The van der Waals surface area contributed by atoms with Crippen molar-refractivity contribution in [3.63, 3.8) is 0 Å². The molecule has 0 saturated carbocycles. The Morgan fingerprint density at radius 1 is 1.32 bits per heavy atom. The Hall–Kier alpha value is -2.37. The maximum Gasteiger partial charge on any atom is 0.305 e. The van der Waals surface area contributed by atoms with Crippen molar-refractivity contribution in [2.75, 3.05) is 6.54 Å². The van der Waals surface area contributed by atoms with Crippen LogP contribution in [0.1, 0.15) is 39.2 Å². The lowest BCUT2D eigenvalue weighted by Crippen LogP contribution is -2.53. The van der Waals surface area contributed by atoms with Crippen molar-refractivity contribution in [2.24, 2.45) is 11.8 Å². The van der Waals surface area contributed by atoms with Gasteiger partial charge in [0.15, 0.2) is 0 Å². The van der Waals surface area contributed by atoms with Gasteiger partial charge in [-0.15, -0.1) is 0 Å². The van der Waals surface area contributed by atoms with Crippen molar-refractivity contribution in [2.45, 2.75) is 45.7 Å². The normalized spacial score (nSPS) is 19.8. The first-order valence-corrected chi connectivity index (χ1v) is 8.57. The second-order valence-electron chi connectivity index (χ2n) is 7.29. The van der Waals surface area contributed by atoms with Crippen LogP contribution in [-0.2, 0) is 20.9 Å². The number of hydrogen-bond acceptors (Lipinski definition) is 3. The van der Waals surface area contributed by atoms with Crippen molar-refractivity contribution in [1.29, 1.82) is 0 Å². The summed E-state index contributed by atoms with van der Waals surface area (Å²) in [6.07, 6.45) is 0.0186. The zero-order valence-electron chi connectivity index (χ0n) is 15.0. The van der Waals surface area contributed by atoms with Crippen LogP contribution in [0.15, 0.2) is 30.3 Å². The molecule has 0 bridgehead atoms. The topological polar surface area (TPSA) is 86.7 Å². The summed E-state index contributed by atoms with van der Waals surface area (Å²) < 4.78 is 0. The molecule has 1 heterocycles. The van der Waals surface area contributed by atoms with Crippen LogP contribution in [-0.4, -0.2) is 39.9 Å². The smallest absolute Gasteiger partial charge is 0.305 e. The van der Waals surface area contributed by atoms with Gasteiger partial charge in [0.2, 0.25) is 11.8 Å². The van der Waals surface area contributed by atoms with E-state index in [1.165, 1.54) is 0 Å². The molecule has 2 atom stereocenters. The molecular formula is C19H26N2O4. The van der Waals surface area contributed by atoms with Gasteiger partial charge in [0.1, 0.15) is 0 Å². The Kier molecular flexibility index (Phi) is 5.82. The molecule has 25 heavy (non-hydrogen) atoms. The third kappa shape index (κ3) is 4.81. The van der Waals surface area contributed by atoms with Crippen LogP contribution >= 0.6 is 0 Å². The molecule has 1 saturated heterocycles. The fourth-order valence-corrected chi connectivity index (χ4v) is 2.99. The van der Waals surface area contributed by atoms with E-state index in [1.807, 2.05) is 44.2 Å². The highest BCUT2D eigenvalue weighted by Crippen LogP contribution is 2.25. The standard InChI is InChI=1S/C19H26N2O4/c1-13(2)19(3,10-17(23)24)20-18(25)15-9-16(22)21(12-15)11-14-7-5-4-6-8-14/h4-8,13,15H,9-12H2,1-3H3,(H,20,25)(H,23,24). The maximum atomic E-state index is 12.6. The minimum Gasteiger partial charge on any atom is -0.481 e. The van der Waals surface area contributed by atoms with Crippen LogP contribution in [0.2, 0.25) is 0 Å². The van der Waals surface area contributed by atoms with Gasteiger partial charge >= 0.3 is 5.97 Å². The molecule has 0 aliphatic carbocycles. The molecule has 2 unspecified atom stereocenters. The lowest BCUT2D eigenvalue weighted by atomic mass is 9.84. The van der Waals surface area contributed by atoms with E-state index in [9.17, 15) is 14.4 Å². The van der Waals surface area contributed by atoms with Crippen molar-refractivity contribution in [1.82, 2.24) is 10.2 Å². The van der Waals surface area contributed by atoms with E-state index in [1.54, 1.807) is 11.8 Å². The van der Waals surface area contributed by atoms with Gasteiger partial charge in [0.25, 0.3) is 0 Å². The number of carboxylic acids is 1. The number of nitrogens with one attached hydrogen (secondary N) is 1. The van der Waals surface area contributed by atoms with E-state index in [2.05, 4.69) is 5.32 Å². The van der Waals surface area contributed by atoms with Gasteiger partial charge in [0.05, 0.1) is 12.3 Å². The van der Waals surface area contributed by atoms with Gasteiger partial charge in [-0.1, -0.05) is 44.2 Å². The Balaban J connectivity index is 2.00. The Bertz CT molecular complexity index is 644. The number of hydrogen-bond donors (Lipinski definition) is 2. The molecule has 2 amide bonds. The number of aliphatic carboxylic acids is 1. The van der Waals surface area contributed by atoms with Crippen molar-refractivity contribution in [3.8, 4) is 0 Å². The average Bonchev–Trinajstić information content (AvgIpc) is 2.88. The number of amides is 2. The third-order valence-electron chi connectivity index (χ3n) is 5.00. The molecule has 1 aromatic rings. The van der Waals surface area contributed by atoms with Gasteiger partial charge in [-0.2, -0.15) is 0 Å². The fourth-order valence-electron chi connectivity index (χ4n) is 2.99. The van der Waals surface area contributed by atoms with Gasteiger partial charge in [-0.05, 0) is 18.4 Å². The van der Waals surface area contributed by atoms with Crippen molar-refractivity contribution >= 4 is 17.8 Å². The highest BCUT2D eigenvalue weighted by molar-refractivity contribution is 5.89. The van der Waals surface area contributed by atoms with Crippen molar-refractivity contribution in [3.05, 3.63) is 35.9 Å². The summed E-state index contributed by atoms with van der Waals surface area (Å²) in [6, 6.07) is 9.65. The zero-order valence-corrected chi connectivity index (χ0v) is 15.0. The summed E-state index contributed by atoms with van der Waals surface area (Å²) in [6.45, 7) is 6.35. The molecule has 2 N–H and O–H groups in total. The average molecular weight is 346 g/mol. The van der Waals surface area contributed by atoms with Crippen LogP contribution < -0.4 is 5.32 Å². The lowest BCUT2D eigenvalue weighted by molar-refractivity contribution is -0.140. The minimum atomic E-state index is -0.954. The van der Waals surface area contributed by atoms with Crippen molar-refractivity contribution < 1.29 is 19.5 Å². The molecule has 2 rings (SSSR count). The van der Waals surface area contributed by atoms with E-state index >= 15 is 0 Å². The number of nitrogens with zero attached hydrogens (tertiary/aromatic N) is 1. The molecular weight excluding hydrogens is 320 g/mol. The predicted molar refractivity (Wildman–Crippen MR) is 93.6 cm³/mol. The minimum absolute atomic E-state index is 0.0370. The summed E-state index contributed by atoms with van der Waals surface area (Å²) in [4.78, 5) is 37.6. The van der Waals surface area contributed by atoms with Gasteiger partial charge in [0, 0.05) is 25.0 Å². The third-order valence-corrected chi connectivity index (χ3v) is 5.00. The molecule has 6 nitrogen and oxygen atoms in total. The van der Waals surface area contributed by atoms with Crippen LogP contribution in [0, 0.1) is 11.8 Å². The molecule has 0 spiro atoms.